The molecule has 22 heavy (non-hydrogen) atoms. The second kappa shape index (κ2) is 6.30. The fourth-order valence-corrected chi connectivity index (χ4v) is 2.04. The van der Waals surface area contributed by atoms with Crippen molar-refractivity contribution in [2.75, 3.05) is 18.5 Å². The molecule has 3 rings (SSSR count). The number of nitrogens with zero attached hydrogens (tertiary/aromatic N) is 2. The van der Waals surface area contributed by atoms with Crippen molar-refractivity contribution in [1.82, 2.24) is 9.97 Å². The van der Waals surface area contributed by atoms with Crippen molar-refractivity contribution in [3.8, 4) is 11.5 Å². The predicted octanol–water partition coefficient (Wildman–Crippen LogP) is 1.95. The second-order valence-corrected chi connectivity index (χ2v) is 4.78. The van der Waals surface area contributed by atoms with Crippen LogP contribution >= 0.6 is 0 Å². The van der Waals surface area contributed by atoms with Crippen LogP contribution in [0.4, 0.5) is 5.82 Å². The minimum Gasteiger partial charge on any atom is -0.490 e. The maximum absolute atomic E-state index is 10.7. The van der Waals surface area contributed by atoms with E-state index in [1.54, 1.807) is 0 Å². The van der Waals surface area contributed by atoms with Crippen molar-refractivity contribution >= 4 is 11.8 Å². The molecule has 1 aromatic carbocycles. The summed E-state index contributed by atoms with van der Waals surface area (Å²) >= 11 is 0. The van der Waals surface area contributed by atoms with E-state index in [4.69, 9.17) is 14.6 Å². The number of aromatic carboxylic acids is 1. The lowest BCUT2D eigenvalue weighted by atomic mass is 10.2. The maximum atomic E-state index is 10.7. The van der Waals surface area contributed by atoms with Gasteiger partial charge in [0.25, 0.3) is 0 Å². The van der Waals surface area contributed by atoms with Crippen LogP contribution in [0.15, 0.2) is 30.6 Å². The number of carboxylic acid groups (broad SMARTS) is 1. The number of rotatable bonds is 4. The highest BCUT2D eigenvalue weighted by atomic mass is 16.5. The Labute approximate surface area is 126 Å². The number of benzene rings is 1. The van der Waals surface area contributed by atoms with Gasteiger partial charge < -0.3 is 19.9 Å². The third kappa shape index (κ3) is 3.25. The summed E-state index contributed by atoms with van der Waals surface area (Å²) in [7, 11) is 0. The molecule has 0 fully saturated rings. The lowest BCUT2D eigenvalue weighted by Crippen LogP contribution is -2.05. The van der Waals surface area contributed by atoms with Crippen molar-refractivity contribution < 1.29 is 19.4 Å². The molecule has 0 spiro atoms. The van der Waals surface area contributed by atoms with E-state index in [2.05, 4.69) is 15.3 Å². The van der Waals surface area contributed by atoms with Gasteiger partial charge in [0.15, 0.2) is 17.2 Å². The average Bonchev–Trinajstić information content (AvgIpc) is 2.78. The summed E-state index contributed by atoms with van der Waals surface area (Å²) in [5.74, 6) is 0.912. The van der Waals surface area contributed by atoms with E-state index in [1.807, 2.05) is 18.2 Å². The lowest BCUT2D eigenvalue weighted by molar-refractivity contribution is 0.0690. The number of ether oxygens (including phenoxy) is 2. The Morgan fingerprint density at radius 3 is 2.73 bits per heavy atom. The first-order valence-electron chi connectivity index (χ1n) is 6.90. The number of carbonyl (C=O) groups is 1. The molecule has 7 nitrogen and oxygen atoms in total. The van der Waals surface area contributed by atoms with Gasteiger partial charge in [-0.2, -0.15) is 0 Å². The summed E-state index contributed by atoms with van der Waals surface area (Å²) in [5, 5.41) is 11.9. The molecule has 114 valence electrons. The predicted molar refractivity (Wildman–Crippen MR) is 78.4 cm³/mol. The van der Waals surface area contributed by atoms with Crippen LogP contribution in [0.2, 0.25) is 0 Å². The Kier molecular flexibility index (Phi) is 4.04. The summed E-state index contributed by atoms with van der Waals surface area (Å²) in [6.45, 7) is 1.83. The number of fused-ring (bicyclic) bond motifs is 1. The summed E-state index contributed by atoms with van der Waals surface area (Å²) < 4.78 is 11.2. The number of anilines is 1. The molecule has 1 aliphatic rings. The van der Waals surface area contributed by atoms with E-state index in [9.17, 15) is 4.79 Å². The van der Waals surface area contributed by atoms with Gasteiger partial charge in [0.05, 0.1) is 25.6 Å². The van der Waals surface area contributed by atoms with Gasteiger partial charge in [-0.05, 0) is 17.7 Å². The molecule has 0 amide bonds. The number of aromatic nitrogens is 2. The molecule has 0 unspecified atom stereocenters. The molecule has 0 aliphatic carbocycles. The number of hydrogen-bond donors (Lipinski definition) is 2. The van der Waals surface area contributed by atoms with Crippen LogP contribution in [-0.2, 0) is 6.54 Å². The zero-order valence-electron chi connectivity index (χ0n) is 11.8. The molecule has 7 heteroatoms. The first kappa shape index (κ1) is 14.1. The van der Waals surface area contributed by atoms with Gasteiger partial charge in [-0.1, -0.05) is 6.07 Å². The van der Waals surface area contributed by atoms with Crippen LogP contribution in [-0.4, -0.2) is 34.3 Å². The zero-order valence-corrected chi connectivity index (χ0v) is 11.8. The Bertz CT molecular complexity index is 673. The van der Waals surface area contributed by atoms with E-state index in [0.717, 1.165) is 23.5 Å². The third-order valence-corrected chi connectivity index (χ3v) is 3.16. The minimum absolute atomic E-state index is 0.0823. The van der Waals surface area contributed by atoms with Gasteiger partial charge in [0, 0.05) is 13.0 Å². The SMILES string of the molecule is O=C(O)c1cnc(NCc2ccc3c(c2)OCCCO3)cn1. The van der Waals surface area contributed by atoms with Gasteiger partial charge in [0.2, 0.25) is 0 Å². The van der Waals surface area contributed by atoms with Crippen molar-refractivity contribution in [1.29, 1.82) is 0 Å². The topological polar surface area (TPSA) is 93.6 Å². The van der Waals surface area contributed by atoms with Gasteiger partial charge in [0.1, 0.15) is 5.82 Å². The van der Waals surface area contributed by atoms with Gasteiger partial charge in [-0.25, -0.2) is 14.8 Å². The highest BCUT2D eigenvalue weighted by Gasteiger charge is 2.10. The van der Waals surface area contributed by atoms with Crippen LogP contribution in [0.3, 0.4) is 0 Å². The van der Waals surface area contributed by atoms with E-state index in [1.165, 1.54) is 12.4 Å². The van der Waals surface area contributed by atoms with Crippen LogP contribution in [0.1, 0.15) is 22.5 Å². The zero-order chi connectivity index (χ0) is 15.4. The first-order valence-corrected chi connectivity index (χ1v) is 6.90. The normalized spacial score (nSPS) is 13.3. The summed E-state index contributed by atoms with van der Waals surface area (Å²) in [5.41, 5.74) is 0.925. The highest BCUT2D eigenvalue weighted by molar-refractivity contribution is 5.84. The molecular formula is C15H15N3O4. The van der Waals surface area contributed by atoms with Crippen LogP contribution in [0.5, 0.6) is 11.5 Å². The van der Waals surface area contributed by atoms with E-state index < -0.39 is 5.97 Å². The summed E-state index contributed by atoms with van der Waals surface area (Å²) in [4.78, 5) is 18.5. The van der Waals surface area contributed by atoms with E-state index >= 15 is 0 Å². The molecular weight excluding hydrogens is 286 g/mol. The van der Waals surface area contributed by atoms with Gasteiger partial charge in [-0.15, -0.1) is 0 Å². The standard InChI is InChI=1S/C15H15N3O4/c19-15(20)11-8-18-14(9-16-11)17-7-10-2-3-12-13(6-10)22-5-1-4-21-12/h2-3,6,8-9H,1,4-5,7H2,(H,17,18)(H,19,20). The Morgan fingerprint density at radius 1 is 1.18 bits per heavy atom. The molecule has 0 bridgehead atoms. The fraction of sp³-hybridized carbons (Fsp3) is 0.267. The molecule has 0 radical (unpaired) electrons. The molecule has 0 saturated carbocycles. The van der Waals surface area contributed by atoms with E-state index in [0.29, 0.717) is 25.6 Å². The quantitative estimate of drug-likeness (QED) is 0.891. The van der Waals surface area contributed by atoms with Crippen molar-refractivity contribution in [2.45, 2.75) is 13.0 Å². The number of carboxylic acids is 1. The molecule has 1 aliphatic heterocycles. The summed E-state index contributed by atoms with van der Waals surface area (Å²) in [6, 6.07) is 5.75. The summed E-state index contributed by atoms with van der Waals surface area (Å²) in [6.07, 6.45) is 3.49. The van der Waals surface area contributed by atoms with Gasteiger partial charge in [-0.3, -0.25) is 0 Å². The monoisotopic (exact) mass is 301 g/mol. The smallest absolute Gasteiger partial charge is 0.356 e. The van der Waals surface area contributed by atoms with Crippen LogP contribution in [0.25, 0.3) is 0 Å². The Hall–Kier alpha value is -2.83. The first-order chi connectivity index (χ1) is 10.7. The van der Waals surface area contributed by atoms with Crippen LogP contribution in [0, 0.1) is 0 Å². The largest absolute Gasteiger partial charge is 0.490 e. The molecule has 2 heterocycles. The van der Waals surface area contributed by atoms with Crippen molar-refractivity contribution in [3.05, 3.63) is 41.9 Å². The molecule has 0 atom stereocenters. The second-order valence-electron chi connectivity index (χ2n) is 4.78. The lowest BCUT2D eigenvalue weighted by Gasteiger charge is -2.10. The molecule has 2 N–H and O–H groups in total. The number of hydrogen-bond acceptors (Lipinski definition) is 6. The van der Waals surface area contributed by atoms with Crippen molar-refractivity contribution in [2.24, 2.45) is 0 Å². The van der Waals surface area contributed by atoms with Gasteiger partial charge >= 0.3 is 5.97 Å². The fourth-order valence-electron chi connectivity index (χ4n) is 2.04. The number of nitrogens with one attached hydrogen (secondary N) is 1. The highest BCUT2D eigenvalue weighted by Crippen LogP contribution is 2.30. The van der Waals surface area contributed by atoms with Crippen molar-refractivity contribution in [3.63, 3.8) is 0 Å². The molecule has 1 aromatic heterocycles. The Morgan fingerprint density at radius 2 is 2.00 bits per heavy atom. The van der Waals surface area contributed by atoms with E-state index in [-0.39, 0.29) is 5.69 Å². The maximum Gasteiger partial charge on any atom is 0.356 e. The third-order valence-electron chi connectivity index (χ3n) is 3.16. The average molecular weight is 301 g/mol. The Balaban J connectivity index is 1.66. The van der Waals surface area contributed by atoms with Crippen LogP contribution < -0.4 is 14.8 Å². The molecule has 2 aromatic rings. The molecule has 0 saturated heterocycles. The minimum atomic E-state index is -1.10.